The van der Waals surface area contributed by atoms with Crippen molar-refractivity contribution in [2.45, 2.75) is 65.2 Å². The van der Waals surface area contributed by atoms with Gasteiger partial charge in [-0.3, -0.25) is 28.8 Å². The standard InChI is InChI=1S/C22H28N2O6/c1-21(9-3-5-17(23)27)15(25)11-13(19(21)29)7-8-14-12-16(26)22(2,20(14)30)10-4-6-18(24)28/h11-12H,3-10H2,1-2H3,(H2,23,27)(H2,24,28). The van der Waals surface area contributed by atoms with Crippen molar-refractivity contribution in [1.82, 2.24) is 0 Å². The van der Waals surface area contributed by atoms with Gasteiger partial charge in [-0.1, -0.05) is 0 Å². The third-order valence-corrected chi connectivity index (χ3v) is 6.15. The smallest absolute Gasteiger partial charge is 0.217 e. The first-order chi connectivity index (χ1) is 13.9. The van der Waals surface area contributed by atoms with E-state index < -0.39 is 22.6 Å². The van der Waals surface area contributed by atoms with Gasteiger partial charge in [-0.15, -0.1) is 0 Å². The maximum atomic E-state index is 12.8. The SMILES string of the molecule is CC1(CCCC(N)=O)C(=O)C=C(CCC2=CC(=O)C(C)(CCCC(N)=O)C2=O)C1=O. The predicted octanol–water partition coefficient (Wildman–Crippen LogP) is 1.25. The normalized spacial score (nSPS) is 26.2. The van der Waals surface area contributed by atoms with Crippen molar-refractivity contribution in [2.75, 3.05) is 0 Å². The first-order valence-electron chi connectivity index (χ1n) is 10.1. The molecule has 2 aliphatic rings. The van der Waals surface area contributed by atoms with Crippen LogP contribution in [-0.4, -0.2) is 34.9 Å². The van der Waals surface area contributed by atoms with Crippen LogP contribution in [0.4, 0.5) is 0 Å². The number of hydrogen-bond donors (Lipinski definition) is 2. The highest BCUT2D eigenvalue weighted by atomic mass is 16.2. The molecule has 2 amide bonds. The lowest BCUT2D eigenvalue weighted by atomic mass is 9.78. The number of hydrogen-bond acceptors (Lipinski definition) is 6. The molecule has 2 aliphatic carbocycles. The zero-order valence-corrected chi connectivity index (χ0v) is 17.4. The van der Waals surface area contributed by atoms with Gasteiger partial charge in [-0.25, -0.2) is 0 Å². The van der Waals surface area contributed by atoms with E-state index in [0.717, 1.165) is 0 Å². The predicted molar refractivity (Wildman–Crippen MR) is 108 cm³/mol. The molecule has 0 aromatic rings. The third kappa shape index (κ3) is 4.63. The van der Waals surface area contributed by atoms with Gasteiger partial charge in [0, 0.05) is 24.0 Å². The summed E-state index contributed by atoms with van der Waals surface area (Å²) in [6, 6.07) is 0. The third-order valence-electron chi connectivity index (χ3n) is 6.15. The van der Waals surface area contributed by atoms with Gasteiger partial charge < -0.3 is 11.5 Å². The summed E-state index contributed by atoms with van der Waals surface area (Å²) >= 11 is 0. The maximum absolute atomic E-state index is 12.8. The van der Waals surface area contributed by atoms with E-state index in [0.29, 0.717) is 24.0 Å². The van der Waals surface area contributed by atoms with E-state index in [1.807, 2.05) is 0 Å². The second-order valence-corrected chi connectivity index (χ2v) is 8.53. The summed E-state index contributed by atoms with van der Waals surface area (Å²) in [5.74, 6) is -2.21. The Hall–Kier alpha value is -2.90. The lowest BCUT2D eigenvalue weighted by molar-refractivity contribution is -0.135. The van der Waals surface area contributed by atoms with Crippen molar-refractivity contribution < 1.29 is 28.8 Å². The van der Waals surface area contributed by atoms with Crippen LogP contribution in [0.3, 0.4) is 0 Å². The van der Waals surface area contributed by atoms with Gasteiger partial charge in [0.25, 0.3) is 0 Å². The molecule has 0 radical (unpaired) electrons. The Morgan fingerprint density at radius 3 is 1.37 bits per heavy atom. The van der Waals surface area contributed by atoms with Crippen LogP contribution in [-0.2, 0) is 28.8 Å². The average molecular weight is 416 g/mol. The zero-order valence-electron chi connectivity index (χ0n) is 17.4. The van der Waals surface area contributed by atoms with E-state index >= 15 is 0 Å². The zero-order chi connectivity index (χ0) is 22.7. The molecule has 0 spiro atoms. The number of amides is 2. The number of Topliss-reactive ketones (excluding diaryl/α,β-unsaturated/α-hetero) is 2. The molecule has 0 aliphatic heterocycles. The second-order valence-electron chi connectivity index (χ2n) is 8.53. The highest BCUT2D eigenvalue weighted by Crippen LogP contribution is 2.40. The molecule has 8 nitrogen and oxygen atoms in total. The second kappa shape index (κ2) is 8.85. The van der Waals surface area contributed by atoms with E-state index in [2.05, 4.69) is 0 Å². The van der Waals surface area contributed by atoms with Crippen LogP contribution in [0.25, 0.3) is 0 Å². The van der Waals surface area contributed by atoms with Crippen molar-refractivity contribution in [1.29, 1.82) is 0 Å². The van der Waals surface area contributed by atoms with Gasteiger partial charge >= 0.3 is 0 Å². The molecule has 2 rings (SSSR count). The molecule has 0 saturated heterocycles. The van der Waals surface area contributed by atoms with E-state index in [-0.39, 0.29) is 61.7 Å². The van der Waals surface area contributed by atoms with Crippen molar-refractivity contribution in [3.8, 4) is 0 Å². The van der Waals surface area contributed by atoms with Crippen LogP contribution in [0.1, 0.15) is 65.2 Å². The summed E-state index contributed by atoms with van der Waals surface area (Å²) in [5, 5.41) is 0. The first kappa shape index (κ1) is 23.4. The van der Waals surface area contributed by atoms with E-state index in [1.54, 1.807) is 13.8 Å². The molecule has 4 N–H and O–H groups in total. The summed E-state index contributed by atoms with van der Waals surface area (Å²) < 4.78 is 0. The minimum absolute atomic E-state index is 0.101. The average Bonchev–Trinajstić information content (AvgIpc) is 2.99. The summed E-state index contributed by atoms with van der Waals surface area (Å²) in [6.07, 6.45) is 4.31. The fourth-order valence-corrected chi connectivity index (χ4v) is 4.05. The molecule has 0 saturated carbocycles. The molecular weight excluding hydrogens is 388 g/mol. The van der Waals surface area contributed by atoms with Gasteiger partial charge in [0.05, 0.1) is 10.8 Å². The van der Waals surface area contributed by atoms with Crippen LogP contribution >= 0.6 is 0 Å². The summed E-state index contributed by atoms with van der Waals surface area (Å²) in [7, 11) is 0. The Morgan fingerprint density at radius 1 is 0.733 bits per heavy atom. The van der Waals surface area contributed by atoms with Crippen molar-refractivity contribution in [3.63, 3.8) is 0 Å². The summed E-state index contributed by atoms with van der Waals surface area (Å²) in [5.41, 5.74) is 8.46. The van der Waals surface area contributed by atoms with Crippen LogP contribution in [0, 0.1) is 10.8 Å². The van der Waals surface area contributed by atoms with Crippen molar-refractivity contribution in [2.24, 2.45) is 22.3 Å². The number of carbonyl (C=O) groups excluding carboxylic acids is 6. The number of primary amides is 2. The Kier molecular flexibility index (Phi) is 6.90. The molecule has 0 bridgehead atoms. The molecular formula is C22H28N2O6. The van der Waals surface area contributed by atoms with Gasteiger partial charge in [0.2, 0.25) is 11.8 Å². The number of nitrogens with two attached hydrogens (primary N) is 2. The molecule has 162 valence electrons. The monoisotopic (exact) mass is 416 g/mol. The lowest BCUT2D eigenvalue weighted by Crippen LogP contribution is -2.32. The molecule has 8 heteroatoms. The number of carbonyl (C=O) groups is 6. The largest absolute Gasteiger partial charge is 0.370 e. The number of ketones is 4. The fourth-order valence-electron chi connectivity index (χ4n) is 4.05. The van der Waals surface area contributed by atoms with Crippen LogP contribution in [0.15, 0.2) is 23.3 Å². The Bertz CT molecular complexity index is 812. The van der Waals surface area contributed by atoms with E-state index in [9.17, 15) is 28.8 Å². The minimum Gasteiger partial charge on any atom is -0.370 e. The Balaban J connectivity index is 1.99. The molecule has 2 atom stereocenters. The highest BCUT2D eigenvalue weighted by Gasteiger charge is 2.47. The maximum Gasteiger partial charge on any atom is 0.217 e. The topological polar surface area (TPSA) is 154 Å². The highest BCUT2D eigenvalue weighted by molar-refractivity contribution is 6.26. The van der Waals surface area contributed by atoms with Gasteiger partial charge in [-0.2, -0.15) is 0 Å². The van der Waals surface area contributed by atoms with Crippen LogP contribution < -0.4 is 11.5 Å². The summed E-state index contributed by atoms with van der Waals surface area (Å²) in [4.78, 5) is 72.2. The molecule has 0 heterocycles. The fraction of sp³-hybridized carbons (Fsp3) is 0.545. The van der Waals surface area contributed by atoms with E-state index in [4.69, 9.17) is 11.5 Å². The molecule has 0 aromatic carbocycles. The molecule has 0 fully saturated rings. The number of rotatable bonds is 11. The van der Waals surface area contributed by atoms with Crippen LogP contribution in [0.2, 0.25) is 0 Å². The van der Waals surface area contributed by atoms with E-state index in [1.165, 1.54) is 12.2 Å². The lowest BCUT2D eigenvalue weighted by Gasteiger charge is -2.21. The minimum atomic E-state index is -1.21. The Morgan fingerprint density at radius 2 is 1.07 bits per heavy atom. The molecule has 2 unspecified atom stereocenters. The molecule has 30 heavy (non-hydrogen) atoms. The van der Waals surface area contributed by atoms with Crippen LogP contribution in [0.5, 0.6) is 0 Å². The van der Waals surface area contributed by atoms with Crippen molar-refractivity contribution >= 4 is 34.9 Å². The Labute approximate surface area is 175 Å². The quantitative estimate of drug-likeness (QED) is 0.483. The van der Waals surface area contributed by atoms with Gasteiger partial charge in [-0.05, 0) is 64.5 Å². The van der Waals surface area contributed by atoms with Gasteiger partial charge in [0.1, 0.15) is 0 Å². The van der Waals surface area contributed by atoms with Gasteiger partial charge in [0.15, 0.2) is 23.1 Å². The molecule has 0 aromatic heterocycles. The number of allylic oxidation sites excluding steroid dienone is 4. The van der Waals surface area contributed by atoms with Crippen molar-refractivity contribution in [3.05, 3.63) is 23.3 Å². The summed E-state index contributed by atoms with van der Waals surface area (Å²) in [6.45, 7) is 3.11. The first-order valence-corrected chi connectivity index (χ1v) is 10.1.